The summed E-state index contributed by atoms with van der Waals surface area (Å²) < 4.78 is 5.68. The third kappa shape index (κ3) is 4.86. The number of nitrogens with zero attached hydrogens (tertiary/aromatic N) is 3. The first-order valence-electron chi connectivity index (χ1n) is 8.59. The van der Waals surface area contributed by atoms with Gasteiger partial charge in [0.1, 0.15) is 5.75 Å². The number of carbonyl (C=O) groups is 1. The first-order chi connectivity index (χ1) is 12.2. The minimum absolute atomic E-state index is 0.0867. The van der Waals surface area contributed by atoms with E-state index in [0.717, 1.165) is 50.3 Å². The van der Waals surface area contributed by atoms with Crippen molar-refractivity contribution in [2.75, 3.05) is 31.1 Å². The number of halogens is 1. The maximum Gasteiger partial charge on any atom is 0.324 e. The highest BCUT2D eigenvalue weighted by molar-refractivity contribution is 6.30. The van der Waals surface area contributed by atoms with E-state index in [2.05, 4.69) is 4.98 Å². The van der Waals surface area contributed by atoms with Gasteiger partial charge < -0.3 is 9.64 Å². The Balaban J connectivity index is 1.33. The van der Waals surface area contributed by atoms with E-state index in [0.29, 0.717) is 11.6 Å². The van der Waals surface area contributed by atoms with Gasteiger partial charge in [0.2, 0.25) is 0 Å². The summed E-state index contributed by atoms with van der Waals surface area (Å²) in [5.41, 5.74) is 0.916. The number of anilines is 1. The van der Waals surface area contributed by atoms with Crippen molar-refractivity contribution in [3.05, 3.63) is 53.8 Å². The zero-order valence-corrected chi connectivity index (χ0v) is 14.9. The lowest BCUT2D eigenvalue weighted by Gasteiger charge is -2.18. The molecule has 0 radical (unpaired) electrons. The second-order valence-corrected chi connectivity index (χ2v) is 6.43. The van der Waals surface area contributed by atoms with Crippen molar-refractivity contribution in [1.82, 2.24) is 9.88 Å². The van der Waals surface area contributed by atoms with Crippen LogP contribution in [0.1, 0.15) is 19.3 Å². The summed E-state index contributed by atoms with van der Waals surface area (Å²) in [6, 6.07) is 11.2. The predicted octanol–water partition coefficient (Wildman–Crippen LogP) is 4.23. The quantitative estimate of drug-likeness (QED) is 0.663. The van der Waals surface area contributed by atoms with E-state index in [1.807, 2.05) is 46.2 Å². The van der Waals surface area contributed by atoms with Crippen LogP contribution >= 0.6 is 11.6 Å². The number of aromatic nitrogens is 1. The Morgan fingerprint density at radius 1 is 1.00 bits per heavy atom. The summed E-state index contributed by atoms with van der Waals surface area (Å²) in [6.07, 6.45) is 6.42. The van der Waals surface area contributed by atoms with Crippen LogP contribution in [0.2, 0.25) is 5.02 Å². The third-order valence-corrected chi connectivity index (χ3v) is 4.48. The molecular weight excluding hydrogens is 338 g/mol. The first-order valence-corrected chi connectivity index (χ1v) is 8.97. The van der Waals surface area contributed by atoms with E-state index in [1.54, 1.807) is 12.4 Å². The first kappa shape index (κ1) is 17.5. The lowest BCUT2D eigenvalue weighted by atomic mass is 10.2. The highest BCUT2D eigenvalue weighted by Crippen LogP contribution is 2.20. The van der Waals surface area contributed by atoms with Gasteiger partial charge in [0.25, 0.3) is 0 Å². The van der Waals surface area contributed by atoms with Gasteiger partial charge in [-0.25, -0.2) is 4.79 Å². The van der Waals surface area contributed by atoms with E-state index in [1.165, 1.54) is 0 Å². The number of hydrogen-bond donors (Lipinski definition) is 0. The third-order valence-electron chi connectivity index (χ3n) is 4.22. The van der Waals surface area contributed by atoms with Crippen molar-refractivity contribution in [2.45, 2.75) is 19.3 Å². The fourth-order valence-electron chi connectivity index (χ4n) is 2.86. The van der Waals surface area contributed by atoms with Gasteiger partial charge in [-0.05, 0) is 55.7 Å². The number of urea groups is 1. The minimum atomic E-state index is 0.0867. The molecule has 0 N–H and O–H groups in total. The van der Waals surface area contributed by atoms with Gasteiger partial charge >= 0.3 is 6.03 Å². The van der Waals surface area contributed by atoms with Gasteiger partial charge in [-0.15, -0.1) is 0 Å². The predicted molar refractivity (Wildman–Crippen MR) is 99.4 cm³/mol. The molecule has 0 bridgehead atoms. The molecule has 1 aromatic carbocycles. The molecule has 0 spiro atoms. The van der Waals surface area contributed by atoms with E-state index >= 15 is 0 Å². The molecule has 0 unspecified atom stereocenters. The van der Waals surface area contributed by atoms with Gasteiger partial charge in [-0.1, -0.05) is 11.6 Å². The summed E-state index contributed by atoms with van der Waals surface area (Å²) in [5.74, 6) is 0.840. The Labute approximate surface area is 153 Å². The summed E-state index contributed by atoms with van der Waals surface area (Å²) >= 11 is 5.84. The van der Waals surface area contributed by atoms with Crippen molar-refractivity contribution in [3.8, 4) is 5.75 Å². The molecule has 1 fully saturated rings. The number of amides is 2. The largest absolute Gasteiger partial charge is 0.494 e. The second-order valence-electron chi connectivity index (χ2n) is 5.99. The average molecular weight is 360 g/mol. The fraction of sp³-hybridized carbons (Fsp3) is 0.368. The summed E-state index contributed by atoms with van der Waals surface area (Å²) in [5, 5.41) is 0.712. The molecule has 2 aromatic rings. The number of rotatable bonds is 8. The number of benzene rings is 1. The van der Waals surface area contributed by atoms with Crippen LogP contribution in [0.5, 0.6) is 5.75 Å². The Morgan fingerprint density at radius 2 is 1.76 bits per heavy atom. The summed E-state index contributed by atoms with van der Waals surface area (Å²) in [7, 11) is 0. The SMILES string of the molecule is O=C1N(CCCCCOc2ccc(Cl)cc2)CCN1c1ccncc1. The van der Waals surface area contributed by atoms with Gasteiger partial charge in [-0.2, -0.15) is 0 Å². The number of carbonyl (C=O) groups excluding carboxylic acids is 1. The van der Waals surface area contributed by atoms with Crippen molar-refractivity contribution >= 4 is 23.3 Å². The van der Waals surface area contributed by atoms with Crippen LogP contribution < -0.4 is 9.64 Å². The van der Waals surface area contributed by atoms with Crippen LogP contribution in [0.25, 0.3) is 0 Å². The molecule has 132 valence electrons. The Hall–Kier alpha value is -2.27. The molecule has 2 heterocycles. The Kier molecular flexibility index (Phi) is 6.12. The van der Waals surface area contributed by atoms with Gasteiger partial charge in [-0.3, -0.25) is 9.88 Å². The molecule has 5 nitrogen and oxygen atoms in total. The molecule has 0 saturated carbocycles. The molecule has 1 aromatic heterocycles. The summed E-state index contributed by atoms with van der Waals surface area (Å²) in [4.78, 5) is 20.2. The lowest BCUT2D eigenvalue weighted by Crippen LogP contribution is -2.32. The van der Waals surface area contributed by atoms with Crippen LogP contribution in [0.3, 0.4) is 0 Å². The minimum Gasteiger partial charge on any atom is -0.494 e. The van der Waals surface area contributed by atoms with Crippen molar-refractivity contribution < 1.29 is 9.53 Å². The standard InChI is InChI=1S/C19H22ClN3O2/c20-16-4-6-18(7-5-16)25-15-3-1-2-12-22-13-14-23(19(22)24)17-8-10-21-11-9-17/h4-11H,1-3,12-15H2. The number of pyridine rings is 1. The van der Waals surface area contributed by atoms with Gasteiger partial charge in [0, 0.05) is 42.7 Å². The maximum atomic E-state index is 12.4. The number of ether oxygens (including phenoxy) is 1. The molecule has 1 aliphatic heterocycles. The molecular formula is C19H22ClN3O2. The smallest absolute Gasteiger partial charge is 0.324 e. The van der Waals surface area contributed by atoms with E-state index in [4.69, 9.17) is 16.3 Å². The topological polar surface area (TPSA) is 45.7 Å². The molecule has 2 amide bonds. The Bertz CT molecular complexity index is 679. The Morgan fingerprint density at radius 3 is 2.52 bits per heavy atom. The van der Waals surface area contributed by atoms with E-state index in [-0.39, 0.29) is 6.03 Å². The zero-order valence-electron chi connectivity index (χ0n) is 14.1. The van der Waals surface area contributed by atoms with Crippen LogP contribution in [0, 0.1) is 0 Å². The molecule has 0 atom stereocenters. The molecule has 1 aliphatic rings. The maximum absolute atomic E-state index is 12.4. The molecule has 25 heavy (non-hydrogen) atoms. The van der Waals surface area contributed by atoms with Crippen LogP contribution in [0.4, 0.5) is 10.5 Å². The van der Waals surface area contributed by atoms with E-state index in [9.17, 15) is 4.79 Å². The van der Waals surface area contributed by atoms with E-state index < -0.39 is 0 Å². The van der Waals surface area contributed by atoms with Crippen LogP contribution in [-0.4, -0.2) is 42.2 Å². The van der Waals surface area contributed by atoms with Gasteiger partial charge in [0.15, 0.2) is 0 Å². The zero-order chi connectivity index (χ0) is 17.5. The van der Waals surface area contributed by atoms with Gasteiger partial charge in [0.05, 0.1) is 6.61 Å². The number of hydrogen-bond acceptors (Lipinski definition) is 3. The molecule has 0 aliphatic carbocycles. The average Bonchev–Trinajstić information content (AvgIpc) is 3.01. The number of unbranched alkanes of at least 4 members (excludes halogenated alkanes) is 2. The summed E-state index contributed by atoms with van der Waals surface area (Å²) in [6.45, 7) is 2.99. The van der Waals surface area contributed by atoms with Crippen LogP contribution in [-0.2, 0) is 0 Å². The highest BCUT2D eigenvalue weighted by Gasteiger charge is 2.28. The molecule has 1 saturated heterocycles. The fourth-order valence-corrected chi connectivity index (χ4v) is 2.98. The van der Waals surface area contributed by atoms with Crippen molar-refractivity contribution in [3.63, 3.8) is 0 Å². The normalized spacial score (nSPS) is 14.2. The lowest BCUT2D eigenvalue weighted by molar-refractivity contribution is 0.219. The molecule has 3 rings (SSSR count). The van der Waals surface area contributed by atoms with Crippen LogP contribution in [0.15, 0.2) is 48.8 Å². The molecule has 6 heteroatoms. The highest BCUT2D eigenvalue weighted by atomic mass is 35.5. The van der Waals surface area contributed by atoms with Crippen molar-refractivity contribution in [1.29, 1.82) is 0 Å². The van der Waals surface area contributed by atoms with Crippen molar-refractivity contribution in [2.24, 2.45) is 0 Å². The monoisotopic (exact) mass is 359 g/mol. The second kappa shape index (κ2) is 8.72.